The maximum atomic E-state index is 12.8. The van der Waals surface area contributed by atoms with Crippen molar-refractivity contribution in [1.82, 2.24) is 10.3 Å². The highest BCUT2D eigenvalue weighted by Gasteiger charge is 2.32. The number of nitrogens with one attached hydrogen (secondary N) is 1. The first-order chi connectivity index (χ1) is 11.6. The molecule has 0 spiro atoms. The number of rotatable bonds is 2. The minimum Gasteiger partial charge on any atom is -0.355 e. The number of benzene rings is 1. The lowest BCUT2D eigenvalue weighted by molar-refractivity contribution is -0.127. The second-order valence-electron chi connectivity index (χ2n) is 6.37. The molecule has 2 aliphatic rings. The predicted molar refractivity (Wildman–Crippen MR) is 94.1 cm³/mol. The highest BCUT2D eigenvalue weighted by atomic mass is 32.1. The number of nitrogens with zero attached hydrogens (tertiary/aromatic N) is 2. The van der Waals surface area contributed by atoms with E-state index < -0.39 is 0 Å². The largest absolute Gasteiger partial charge is 0.355 e. The normalized spacial score (nSPS) is 20.0. The van der Waals surface area contributed by atoms with E-state index in [0.29, 0.717) is 19.4 Å². The summed E-state index contributed by atoms with van der Waals surface area (Å²) in [4.78, 5) is 30.5. The van der Waals surface area contributed by atoms with Crippen molar-refractivity contribution in [3.8, 4) is 11.3 Å². The molecule has 2 amide bonds. The molecule has 0 unspecified atom stereocenters. The minimum atomic E-state index is -0.102. The maximum absolute atomic E-state index is 12.8. The Labute approximate surface area is 144 Å². The Bertz CT molecular complexity index is 804. The van der Waals surface area contributed by atoms with Crippen molar-refractivity contribution in [2.75, 3.05) is 18.0 Å². The molecule has 1 aromatic heterocycles. The van der Waals surface area contributed by atoms with E-state index in [2.05, 4.69) is 21.7 Å². The molecular formula is C18H19N3O2S. The van der Waals surface area contributed by atoms with Crippen LogP contribution in [0.25, 0.3) is 11.3 Å². The van der Waals surface area contributed by atoms with Crippen LogP contribution in [0.5, 0.6) is 0 Å². The van der Waals surface area contributed by atoms with Gasteiger partial charge in [0.15, 0.2) is 0 Å². The SMILES string of the molecule is Cc1nc(-c2ccc3c(c2)CCN3C(=O)[C@@H]2CCC(=O)NC2)cs1. The first-order valence-corrected chi connectivity index (χ1v) is 9.13. The summed E-state index contributed by atoms with van der Waals surface area (Å²) in [5, 5.41) is 5.93. The molecule has 2 aliphatic heterocycles. The molecule has 1 fully saturated rings. The van der Waals surface area contributed by atoms with Crippen molar-refractivity contribution < 1.29 is 9.59 Å². The van der Waals surface area contributed by atoms with Crippen molar-refractivity contribution >= 4 is 28.8 Å². The third kappa shape index (κ3) is 2.71. The zero-order valence-electron chi connectivity index (χ0n) is 13.5. The van der Waals surface area contributed by atoms with Crippen LogP contribution in [0.3, 0.4) is 0 Å². The van der Waals surface area contributed by atoms with Crippen molar-refractivity contribution in [2.24, 2.45) is 5.92 Å². The van der Waals surface area contributed by atoms with Crippen LogP contribution in [0.15, 0.2) is 23.6 Å². The van der Waals surface area contributed by atoms with Gasteiger partial charge in [-0.15, -0.1) is 11.3 Å². The molecule has 1 N–H and O–H groups in total. The van der Waals surface area contributed by atoms with E-state index in [0.717, 1.165) is 34.9 Å². The van der Waals surface area contributed by atoms with E-state index in [4.69, 9.17) is 0 Å². The number of amides is 2. The first-order valence-electron chi connectivity index (χ1n) is 8.25. The number of thiazole rings is 1. The lowest BCUT2D eigenvalue weighted by atomic mass is 9.97. The van der Waals surface area contributed by atoms with Gasteiger partial charge in [0.05, 0.1) is 16.6 Å². The number of aromatic nitrogens is 1. The van der Waals surface area contributed by atoms with Crippen LogP contribution in [-0.2, 0) is 16.0 Å². The van der Waals surface area contributed by atoms with E-state index in [9.17, 15) is 9.59 Å². The summed E-state index contributed by atoms with van der Waals surface area (Å²) in [6.45, 7) is 3.18. The Morgan fingerprint density at radius 3 is 2.96 bits per heavy atom. The molecular weight excluding hydrogens is 322 g/mol. The standard InChI is InChI=1S/C18H19N3O2S/c1-11-20-15(10-24-11)12-2-4-16-13(8-12)6-7-21(16)18(23)14-3-5-17(22)19-9-14/h2,4,8,10,14H,3,5-7,9H2,1H3,(H,19,22)/t14-/m1/s1. The molecule has 6 heteroatoms. The summed E-state index contributed by atoms with van der Waals surface area (Å²) in [6, 6.07) is 6.23. The van der Waals surface area contributed by atoms with E-state index in [1.165, 1.54) is 5.56 Å². The smallest absolute Gasteiger partial charge is 0.231 e. The molecule has 2 aromatic rings. The Morgan fingerprint density at radius 1 is 1.38 bits per heavy atom. The lowest BCUT2D eigenvalue weighted by Gasteiger charge is -2.27. The molecule has 4 rings (SSSR count). The quantitative estimate of drug-likeness (QED) is 0.913. The van der Waals surface area contributed by atoms with E-state index in [1.54, 1.807) is 11.3 Å². The van der Waals surface area contributed by atoms with Crippen LogP contribution in [0.4, 0.5) is 5.69 Å². The summed E-state index contributed by atoms with van der Waals surface area (Å²) in [6.07, 6.45) is 1.96. The zero-order chi connectivity index (χ0) is 16.7. The number of carbonyl (C=O) groups is 2. The zero-order valence-corrected chi connectivity index (χ0v) is 14.4. The fourth-order valence-electron chi connectivity index (χ4n) is 3.45. The van der Waals surface area contributed by atoms with Gasteiger partial charge in [0.2, 0.25) is 11.8 Å². The third-order valence-electron chi connectivity index (χ3n) is 4.77. The highest BCUT2D eigenvalue weighted by Crippen LogP contribution is 2.34. The molecule has 0 radical (unpaired) electrons. The monoisotopic (exact) mass is 341 g/mol. The van der Waals surface area contributed by atoms with E-state index in [-0.39, 0.29) is 17.7 Å². The van der Waals surface area contributed by atoms with Crippen molar-refractivity contribution in [3.63, 3.8) is 0 Å². The van der Waals surface area contributed by atoms with Crippen molar-refractivity contribution in [1.29, 1.82) is 0 Å². The van der Waals surface area contributed by atoms with Gasteiger partial charge < -0.3 is 10.2 Å². The predicted octanol–water partition coefficient (Wildman–Crippen LogP) is 2.53. The average molecular weight is 341 g/mol. The van der Waals surface area contributed by atoms with E-state index in [1.807, 2.05) is 24.0 Å². The van der Waals surface area contributed by atoms with Crippen LogP contribution in [0.1, 0.15) is 23.4 Å². The average Bonchev–Trinajstić information content (AvgIpc) is 3.20. The van der Waals surface area contributed by atoms with Gasteiger partial charge in [-0.3, -0.25) is 9.59 Å². The number of aryl methyl sites for hydroxylation is 1. The number of anilines is 1. The Hall–Kier alpha value is -2.21. The minimum absolute atomic E-state index is 0.0454. The highest BCUT2D eigenvalue weighted by molar-refractivity contribution is 7.09. The molecule has 3 heterocycles. The fraction of sp³-hybridized carbons (Fsp3) is 0.389. The molecule has 1 saturated heterocycles. The van der Waals surface area contributed by atoms with Gasteiger partial charge in [-0.2, -0.15) is 0 Å². The van der Waals surface area contributed by atoms with Crippen LogP contribution < -0.4 is 10.2 Å². The molecule has 0 aliphatic carbocycles. The van der Waals surface area contributed by atoms with Crippen LogP contribution in [0, 0.1) is 12.8 Å². The molecule has 124 valence electrons. The molecule has 5 nitrogen and oxygen atoms in total. The summed E-state index contributed by atoms with van der Waals surface area (Å²) in [5.41, 5.74) is 4.32. The van der Waals surface area contributed by atoms with Crippen LogP contribution >= 0.6 is 11.3 Å². The number of piperidine rings is 1. The van der Waals surface area contributed by atoms with Gasteiger partial charge in [-0.25, -0.2) is 4.98 Å². The second kappa shape index (κ2) is 6.02. The van der Waals surface area contributed by atoms with Crippen molar-refractivity contribution in [3.05, 3.63) is 34.2 Å². The van der Waals surface area contributed by atoms with Gasteiger partial charge in [0.25, 0.3) is 0 Å². The van der Waals surface area contributed by atoms with Gasteiger partial charge in [-0.1, -0.05) is 6.07 Å². The second-order valence-corrected chi connectivity index (χ2v) is 7.44. The fourth-order valence-corrected chi connectivity index (χ4v) is 4.07. The van der Waals surface area contributed by atoms with Crippen LogP contribution in [0.2, 0.25) is 0 Å². The Balaban J connectivity index is 1.56. The maximum Gasteiger partial charge on any atom is 0.231 e. The third-order valence-corrected chi connectivity index (χ3v) is 5.54. The molecule has 24 heavy (non-hydrogen) atoms. The molecule has 1 aromatic carbocycles. The van der Waals surface area contributed by atoms with Gasteiger partial charge in [0, 0.05) is 36.1 Å². The number of hydrogen-bond acceptors (Lipinski definition) is 4. The molecule has 0 bridgehead atoms. The Morgan fingerprint density at radius 2 is 2.25 bits per heavy atom. The topological polar surface area (TPSA) is 62.3 Å². The summed E-state index contributed by atoms with van der Waals surface area (Å²) >= 11 is 1.65. The number of hydrogen-bond donors (Lipinski definition) is 1. The van der Waals surface area contributed by atoms with Gasteiger partial charge >= 0.3 is 0 Å². The first kappa shape index (κ1) is 15.3. The summed E-state index contributed by atoms with van der Waals surface area (Å²) in [7, 11) is 0. The summed E-state index contributed by atoms with van der Waals surface area (Å²) < 4.78 is 0. The van der Waals surface area contributed by atoms with E-state index >= 15 is 0 Å². The van der Waals surface area contributed by atoms with Crippen molar-refractivity contribution in [2.45, 2.75) is 26.2 Å². The Kier molecular flexibility index (Phi) is 3.84. The number of carbonyl (C=O) groups excluding carboxylic acids is 2. The van der Waals surface area contributed by atoms with Crippen LogP contribution in [-0.4, -0.2) is 29.9 Å². The lowest BCUT2D eigenvalue weighted by Crippen LogP contribution is -2.44. The van der Waals surface area contributed by atoms with Gasteiger partial charge in [-0.05, 0) is 37.5 Å². The number of fused-ring (bicyclic) bond motifs is 1. The summed E-state index contributed by atoms with van der Waals surface area (Å²) in [5.74, 6) is 0.0737. The van der Waals surface area contributed by atoms with Gasteiger partial charge in [0.1, 0.15) is 0 Å². The molecule has 0 saturated carbocycles. The molecule has 1 atom stereocenters.